The van der Waals surface area contributed by atoms with Crippen LogP contribution in [0.1, 0.15) is 41.0 Å². The van der Waals surface area contributed by atoms with E-state index in [0.717, 1.165) is 6.42 Å². The van der Waals surface area contributed by atoms with Crippen LogP contribution in [0.3, 0.4) is 0 Å². The van der Waals surface area contributed by atoms with Crippen molar-refractivity contribution in [3.8, 4) is 0 Å². The topological polar surface area (TPSA) is 43.1 Å². The molecule has 2 N–H and O–H groups in total. The molecule has 0 aromatic carbocycles. The number of hydrogen-bond acceptors (Lipinski definition) is 2. The number of ketones is 1. The summed E-state index contributed by atoms with van der Waals surface area (Å²) >= 11 is 0. The molecule has 1 unspecified atom stereocenters. The van der Waals surface area contributed by atoms with Gasteiger partial charge in [0.2, 0.25) is 0 Å². The molecule has 2 nitrogen and oxygen atoms in total. The highest BCUT2D eigenvalue weighted by molar-refractivity contribution is 5.88. The van der Waals surface area contributed by atoms with Crippen molar-refractivity contribution in [3.05, 3.63) is 0 Å². The van der Waals surface area contributed by atoms with Crippen molar-refractivity contribution in [2.45, 2.75) is 47.1 Å². The Hall–Kier alpha value is -0.370. The van der Waals surface area contributed by atoms with Gasteiger partial charge in [-0.25, -0.2) is 0 Å². The smallest absolute Gasteiger partial charge is 0.155 e. The Morgan fingerprint density at radius 2 is 1.83 bits per heavy atom. The van der Waals surface area contributed by atoms with Crippen LogP contribution in [0, 0.1) is 11.3 Å². The van der Waals surface area contributed by atoms with Gasteiger partial charge in [0.15, 0.2) is 5.78 Å². The molecule has 0 saturated carbocycles. The summed E-state index contributed by atoms with van der Waals surface area (Å²) in [7, 11) is 0. The second-order valence-electron chi connectivity index (χ2n) is 4.53. The molecule has 72 valence electrons. The number of nitrogens with two attached hydrogens (primary N) is 1. The first-order valence-corrected chi connectivity index (χ1v) is 4.60. The predicted molar refractivity (Wildman–Crippen MR) is 51.9 cm³/mol. The van der Waals surface area contributed by atoms with Crippen LogP contribution >= 0.6 is 0 Å². The van der Waals surface area contributed by atoms with E-state index in [0.29, 0.717) is 0 Å². The lowest BCUT2D eigenvalue weighted by Gasteiger charge is -2.25. The summed E-state index contributed by atoms with van der Waals surface area (Å²) in [6.07, 6.45) is 0.961. The van der Waals surface area contributed by atoms with Gasteiger partial charge in [-0.3, -0.25) is 4.79 Å². The van der Waals surface area contributed by atoms with Crippen LogP contribution in [0.2, 0.25) is 0 Å². The fourth-order valence-electron chi connectivity index (χ4n) is 1.01. The first kappa shape index (κ1) is 11.6. The Morgan fingerprint density at radius 3 is 2.08 bits per heavy atom. The lowest BCUT2D eigenvalue weighted by Crippen LogP contribution is -2.43. The Labute approximate surface area is 75.5 Å². The molecule has 0 saturated heterocycles. The molecule has 2 heteroatoms. The standard InChI is InChI=1S/C10H21NO/c1-6-7(2)8(11)9(12)10(3,4)5/h7-8H,6,11H2,1-5H3/t7?,8-/m0/s1. The zero-order valence-electron chi connectivity index (χ0n) is 8.85. The van der Waals surface area contributed by atoms with Gasteiger partial charge in [0.25, 0.3) is 0 Å². The highest BCUT2D eigenvalue weighted by Gasteiger charge is 2.29. The fourth-order valence-corrected chi connectivity index (χ4v) is 1.01. The first-order valence-electron chi connectivity index (χ1n) is 4.60. The molecule has 0 aliphatic heterocycles. The van der Waals surface area contributed by atoms with Gasteiger partial charge in [-0.15, -0.1) is 0 Å². The molecule has 0 aromatic heterocycles. The number of hydrogen-bond donors (Lipinski definition) is 1. The summed E-state index contributed by atoms with van der Waals surface area (Å²) in [4.78, 5) is 11.6. The summed E-state index contributed by atoms with van der Waals surface area (Å²) < 4.78 is 0. The molecule has 0 aliphatic carbocycles. The minimum Gasteiger partial charge on any atom is -0.321 e. The van der Waals surface area contributed by atoms with Crippen molar-refractivity contribution >= 4 is 5.78 Å². The molecule has 12 heavy (non-hydrogen) atoms. The molecule has 0 amide bonds. The van der Waals surface area contributed by atoms with E-state index in [1.54, 1.807) is 0 Å². The van der Waals surface area contributed by atoms with Gasteiger partial charge in [0.1, 0.15) is 0 Å². The average Bonchev–Trinajstić information content (AvgIpc) is 1.98. The van der Waals surface area contributed by atoms with E-state index in [1.807, 2.05) is 27.7 Å². The van der Waals surface area contributed by atoms with Gasteiger partial charge in [-0.2, -0.15) is 0 Å². The summed E-state index contributed by atoms with van der Waals surface area (Å²) in [6, 6.07) is -0.296. The maximum atomic E-state index is 11.6. The zero-order valence-corrected chi connectivity index (χ0v) is 8.85. The van der Waals surface area contributed by atoms with E-state index in [9.17, 15) is 4.79 Å². The molecule has 0 heterocycles. The van der Waals surface area contributed by atoms with Gasteiger partial charge in [0, 0.05) is 5.41 Å². The maximum Gasteiger partial charge on any atom is 0.155 e. The van der Waals surface area contributed by atoms with Gasteiger partial charge >= 0.3 is 0 Å². The van der Waals surface area contributed by atoms with E-state index in [4.69, 9.17) is 5.73 Å². The van der Waals surface area contributed by atoms with Crippen LogP contribution in [-0.4, -0.2) is 11.8 Å². The number of carbonyl (C=O) groups excluding carboxylic acids is 1. The lowest BCUT2D eigenvalue weighted by atomic mass is 9.82. The Morgan fingerprint density at radius 1 is 1.42 bits per heavy atom. The largest absolute Gasteiger partial charge is 0.321 e. The monoisotopic (exact) mass is 171 g/mol. The minimum atomic E-state index is -0.303. The fraction of sp³-hybridized carbons (Fsp3) is 0.900. The van der Waals surface area contributed by atoms with Gasteiger partial charge in [0.05, 0.1) is 6.04 Å². The minimum absolute atomic E-state index is 0.164. The van der Waals surface area contributed by atoms with Crippen molar-refractivity contribution in [1.29, 1.82) is 0 Å². The Bertz CT molecular complexity index is 158. The zero-order chi connectivity index (χ0) is 9.94. The van der Waals surface area contributed by atoms with Gasteiger partial charge in [-0.1, -0.05) is 41.0 Å². The van der Waals surface area contributed by atoms with Crippen molar-refractivity contribution < 1.29 is 4.79 Å². The number of carbonyl (C=O) groups is 1. The van der Waals surface area contributed by atoms with E-state index in [2.05, 4.69) is 6.92 Å². The summed E-state index contributed by atoms with van der Waals surface area (Å²) in [5.74, 6) is 0.452. The second-order valence-corrected chi connectivity index (χ2v) is 4.53. The van der Waals surface area contributed by atoms with Crippen LogP contribution in [0.15, 0.2) is 0 Å². The first-order chi connectivity index (χ1) is 5.30. The van der Waals surface area contributed by atoms with Crippen LogP contribution in [0.4, 0.5) is 0 Å². The molecule has 0 rings (SSSR count). The molecular weight excluding hydrogens is 150 g/mol. The van der Waals surface area contributed by atoms with Crippen LogP contribution in [0.25, 0.3) is 0 Å². The third-order valence-corrected chi connectivity index (χ3v) is 2.30. The second kappa shape index (κ2) is 4.04. The van der Waals surface area contributed by atoms with E-state index >= 15 is 0 Å². The molecule has 0 radical (unpaired) electrons. The molecule has 0 bridgehead atoms. The van der Waals surface area contributed by atoms with Crippen molar-refractivity contribution in [1.82, 2.24) is 0 Å². The highest BCUT2D eigenvalue weighted by Crippen LogP contribution is 2.20. The lowest BCUT2D eigenvalue weighted by molar-refractivity contribution is -0.128. The van der Waals surface area contributed by atoms with Crippen LogP contribution in [0.5, 0.6) is 0 Å². The van der Waals surface area contributed by atoms with E-state index in [-0.39, 0.29) is 23.2 Å². The van der Waals surface area contributed by atoms with Crippen molar-refractivity contribution in [2.75, 3.05) is 0 Å². The van der Waals surface area contributed by atoms with Crippen LogP contribution < -0.4 is 5.73 Å². The van der Waals surface area contributed by atoms with Crippen LogP contribution in [-0.2, 0) is 4.79 Å². The van der Waals surface area contributed by atoms with Gasteiger partial charge in [-0.05, 0) is 5.92 Å². The van der Waals surface area contributed by atoms with Gasteiger partial charge < -0.3 is 5.73 Å². The molecule has 0 aromatic rings. The van der Waals surface area contributed by atoms with Crippen molar-refractivity contribution in [3.63, 3.8) is 0 Å². The summed E-state index contributed by atoms with van der Waals surface area (Å²) in [5.41, 5.74) is 5.51. The SMILES string of the molecule is CCC(C)[C@H](N)C(=O)C(C)(C)C. The average molecular weight is 171 g/mol. The molecule has 0 aliphatic rings. The van der Waals surface area contributed by atoms with Crippen molar-refractivity contribution in [2.24, 2.45) is 17.1 Å². The summed E-state index contributed by atoms with van der Waals surface area (Å²) in [6.45, 7) is 9.82. The third kappa shape index (κ3) is 2.94. The number of rotatable bonds is 3. The third-order valence-electron chi connectivity index (χ3n) is 2.30. The number of Topliss-reactive ketones (excluding diaryl/α,β-unsaturated/α-hetero) is 1. The quantitative estimate of drug-likeness (QED) is 0.705. The Kier molecular flexibility index (Phi) is 3.91. The van der Waals surface area contributed by atoms with E-state index < -0.39 is 0 Å². The highest BCUT2D eigenvalue weighted by atomic mass is 16.1. The molecule has 2 atom stereocenters. The molecule has 0 spiro atoms. The normalized spacial score (nSPS) is 17.2. The predicted octanol–water partition coefficient (Wildman–Crippen LogP) is 1.98. The van der Waals surface area contributed by atoms with E-state index in [1.165, 1.54) is 0 Å². The Balaban J connectivity index is 4.30. The molecule has 0 fully saturated rings. The summed E-state index contributed by atoms with van der Waals surface area (Å²) in [5, 5.41) is 0. The molecular formula is C10H21NO. The maximum absolute atomic E-state index is 11.6.